The van der Waals surface area contributed by atoms with Crippen molar-refractivity contribution in [3.8, 4) is 5.75 Å². The molecule has 0 aromatic heterocycles. The van der Waals surface area contributed by atoms with Crippen LogP contribution in [0.15, 0.2) is 53.5 Å². The van der Waals surface area contributed by atoms with Crippen LogP contribution in [-0.4, -0.2) is 31.1 Å². The summed E-state index contributed by atoms with van der Waals surface area (Å²) in [4.78, 5) is 7.02. The first kappa shape index (κ1) is 23.5. The van der Waals surface area contributed by atoms with E-state index in [2.05, 4.69) is 53.3 Å². The predicted octanol–water partition coefficient (Wildman–Crippen LogP) is 4.72. The Hall–Kier alpha value is -1.80. The average molecular weight is 508 g/mol. The van der Waals surface area contributed by atoms with E-state index in [1.165, 1.54) is 25.1 Å². The molecule has 1 fully saturated rings. The normalized spacial score (nSPS) is 20.0. The topological polar surface area (TPSA) is 62.9 Å². The van der Waals surface area contributed by atoms with Crippen LogP contribution < -0.4 is 15.8 Å². The molecule has 2 unspecified atom stereocenters. The summed E-state index contributed by atoms with van der Waals surface area (Å²) in [5, 5.41) is 3.10. The number of likely N-dealkylation sites (tertiary alicyclic amines) is 1. The molecule has 2 aromatic rings. The first-order valence-corrected chi connectivity index (χ1v) is 10.0. The summed E-state index contributed by atoms with van der Waals surface area (Å²) in [6.07, 6.45) is 1.34. The standard InChI is InChI=1S/C23H32N4O.HI/c1-17-12-18(2)15-27(14-17)16-20-10-8-19(9-11-20)13-25-23(24)26-21-6-4-5-7-22(21)28-3;/h4-11,17-18H,12-16H2,1-3H3,(H3,24,25,26);1H. The van der Waals surface area contributed by atoms with Crippen LogP contribution in [0.4, 0.5) is 5.69 Å². The molecule has 6 heteroatoms. The molecule has 3 N–H and O–H groups in total. The number of benzene rings is 2. The Balaban J connectivity index is 0.00000300. The van der Waals surface area contributed by atoms with E-state index in [9.17, 15) is 0 Å². The van der Waals surface area contributed by atoms with Crippen molar-refractivity contribution >= 4 is 35.6 Å². The fourth-order valence-corrected chi connectivity index (χ4v) is 4.03. The zero-order valence-electron chi connectivity index (χ0n) is 17.6. The SMILES string of the molecule is COc1ccccc1NC(N)=NCc1ccc(CN2CC(C)CC(C)C2)cc1.I. The Morgan fingerprint density at radius 1 is 1.07 bits per heavy atom. The van der Waals surface area contributed by atoms with E-state index >= 15 is 0 Å². The minimum absolute atomic E-state index is 0. The molecule has 5 nitrogen and oxygen atoms in total. The number of para-hydroxylation sites is 2. The summed E-state index contributed by atoms with van der Waals surface area (Å²) in [7, 11) is 1.64. The van der Waals surface area contributed by atoms with E-state index in [1.54, 1.807) is 7.11 Å². The summed E-state index contributed by atoms with van der Waals surface area (Å²) >= 11 is 0. The lowest BCUT2D eigenvalue weighted by molar-refractivity contribution is 0.134. The number of methoxy groups -OCH3 is 1. The van der Waals surface area contributed by atoms with Crippen LogP contribution in [0.3, 0.4) is 0 Å². The quantitative estimate of drug-likeness (QED) is 0.337. The van der Waals surface area contributed by atoms with Crippen molar-refractivity contribution in [2.75, 3.05) is 25.5 Å². The molecule has 0 spiro atoms. The van der Waals surface area contributed by atoms with Gasteiger partial charge >= 0.3 is 0 Å². The summed E-state index contributed by atoms with van der Waals surface area (Å²) < 4.78 is 5.32. The maximum Gasteiger partial charge on any atom is 0.193 e. The monoisotopic (exact) mass is 508 g/mol. The lowest BCUT2D eigenvalue weighted by Crippen LogP contribution is -2.38. The van der Waals surface area contributed by atoms with Gasteiger partial charge in [0.15, 0.2) is 5.96 Å². The molecule has 1 heterocycles. The minimum atomic E-state index is 0. The Bertz CT molecular complexity index is 784. The molecule has 0 aliphatic carbocycles. The molecule has 1 aliphatic heterocycles. The first-order chi connectivity index (χ1) is 13.5. The van der Waals surface area contributed by atoms with Crippen molar-refractivity contribution < 1.29 is 4.74 Å². The van der Waals surface area contributed by atoms with Gasteiger partial charge in [0.2, 0.25) is 0 Å². The number of nitrogens with two attached hydrogens (primary N) is 1. The summed E-state index contributed by atoms with van der Waals surface area (Å²) in [6.45, 7) is 8.67. The maximum absolute atomic E-state index is 6.03. The lowest BCUT2D eigenvalue weighted by atomic mass is 9.91. The number of piperidine rings is 1. The van der Waals surface area contributed by atoms with Gasteiger partial charge in [-0.05, 0) is 41.5 Å². The van der Waals surface area contributed by atoms with Gasteiger partial charge < -0.3 is 15.8 Å². The highest BCUT2D eigenvalue weighted by Crippen LogP contribution is 2.23. The van der Waals surface area contributed by atoms with Crippen LogP contribution in [0.25, 0.3) is 0 Å². The van der Waals surface area contributed by atoms with Gasteiger partial charge in [-0.3, -0.25) is 4.90 Å². The molecule has 2 atom stereocenters. The first-order valence-electron chi connectivity index (χ1n) is 10.0. The number of guanidine groups is 1. The van der Waals surface area contributed by atoms with Crippen molar-refractivity contribution in [3.05, 3.63) is 59.7 Å². The number of hydrogen-bond donors (Lipinski definition) is 2. The molecular formula is C23H33IN4O. The van der Waals surface area contributed by atoms with Crippen LogP contribution in [-0.2, 0) is 13.1 Å². The van der Waals surface area contributed by atoms with Crippen LogP contribution in [0.5, 0.6) is 5.75 Å². The zero-order valence-corrected chi connectivity index (χ0v) is 19.9. The van der Waals surface area contributed by atoms with Gasteiger partial charge in [0, 0.05) is 19.6 Å². The second-order valence-electron chi connectivity index (χ2n) is 7.98. The highest BCUT2D eigenvalue weighted by molar-refractivity contribution is 14.0. The van der Waals surface area contributed by atoms with Crippen LogP contribution in [0.2, 0.25) is 0 Å². The number of nitrogens with zero attached hydrogens (tertiary/aromatic N) is 2. The van der Waals surface area contributed by atoms with Crippen molar-refractivity contribution in [2.45, 2.75) is 33.4 Å². The third-order valence-corrected chi connectivity index (χ3v) is 5.18. The van der Waals surface area contributed by atoms with Gasteiger partial charge in [0.05, 0.1) is 19.3 Å². The van der Waals surface area contributed by atoms with Gasteiger partial charge in [-0.1, -0.05) is 50.2 Å². The number of ether oxygens (including phenoxy) is 1. The third-order valence-electron chi connectivity index (χ3n) is 5.18. The number of anilines is 1. The van der Waals surface area contributed by atoms with E-state index < -0.39 is 0 Å². The summed E-state index contributed by atoms with van der Waals surface area (Å²) in [6, 6.07) is 16.4. The van der Waals surface area contributed by atoms with Gasteiger partial charge in [0.25, 0.3) is 0 Å². The molecule has 29 heavy (non-hydrogen) atoms. The number of rotatable bonds is 6. The van der Waals surface area contributed by atoms with Crippen molar-refractivity contribution in [1.82, 2.24) is 4.90 Å². The van der Waals surface area contributed by atoms with E-state index in [1.807, 2.05) is 24.3 Å². The number of halogens is 1. The smallest absolute Gasteiger partial charge is 0.193 e. The number of hydrogen-bond acceptors (Lipinski definition) is 3. The lowest BCUT2D eigenvalue weighted by Gasteiger charge is -2.35. The van der Waals surface area contributed by atoms with Gasteiger partial charge in [0.1, 0.15) is 5.75 Å². The molecule has 3 rings (SSSR count). The Morgan fingerprint density at radius 3 is 2.34 bits per heavy atom. The van der Waals surface area contributed by atoms with Crippen LogP contribution >= 0.6 is 24.0 Å². The van der Waals surface area contributed by atoms with E-state index in [4.69, 9.17) is 10.5 Å². The largest absolute Gasteiger partial charge is 0.495 e. The molecule has 1 saturated heterocycles. The second kappa shape index (κ2) is 11.4. The Kier molecular flexibility index (Phi) is 9.23. The van der Waals surface area contributed by atoms with E-state index in [-0.39, 0.29) is 24.0 Å². The van der Waals surface area contributed by atoms with Crippen LogP contribution in [0.1, 0.15) is 31.4 Å². The molecular weight excluding hydrogens is 475 g/mol. The fourth-order valence-electron chi connectivity index (χ4n) is 4.03. The Labute approximate surface area is 191 Å². The molecule has 0 amide bonds. The molecule has 1 aliphatic rings. The average Bonchev–Trinajstić information content (AvgIpc) is 2.67. The zero-order chi connectivity index (χ0) is 19.9. The highest BCUT2D eigenvalue weighted by atomic mass is 127. The van der Waals surface area contributed by atoms with Crippen molar-refractivity contribution in [1.29, 1.82) is 0 Å². The third kappa shape index (κ3) is 7.19. The van der Waals surface area contributed by atoms with Crippen LogP contribution in [0, 0.1) is 11.8 Å². The molecule has 0 radical (unpaired) electrons. The van der Waals surface area contributed by atoms with Gasteiger partial charge in [-0.25, -0.2) is 4.99 Å². The van der Waals surface area contributed by atoms with E-state index in [0.717, 1.165) is 35.4 Å². The fraction of sp³-hybridized carbons (Fsp3) is 0.435. The number of nitrogens with one attached hydrogen (secondary N) is 1. The summed E-state index contributed by atoms with van der Waals surface area (Å²) in [5.41, 5.74) is 9.35. The molecule has 0 bridgehead atoms. The van der Waals surface area contributed by atoms with Gasteiger partial charge in [-0.2, -0.15) is 0 Å². The number of aliphatic imine (C=N–C) groups is 1. The second-order valence-corrected chi connectivity index (χ2v) is 7.98. The summed E-state index contributed by atoms with van der Waals surface area (Å²) in [5.74, 6) is 2.70. The Morgan fingerprint density at radius 2 is 1.69 bits per heavy atom. The minimum Gasteiger partial charge on any atom is -0.495 e. The van der Waals surface area contributed by atoms with Crippen molar-refractivity contribution in [2.24, 2.45) is 22.6 Å². The molecule has 158 valence electrons. The highest BCUT2D eigenvalue weighted by Gasteiger charge is 2.21. The molecule has 2 aromatic carbocycles. The maximum atomic E-state index is 6.03. The van der Waals surface area contributed by atoms with E-state index in [0.29, 0.717) is 12.5 Å². The van der Waals surface area contributed by atoms with Crippen molar-refractivity contribution in [3.63, 3.8) is 0 Å². The molecule has 0 saturated carbocycles. The van der Waals surface area contributed by atoms with Gasteiger partial charge in [-0.15, -0.1) is 24.0 Å². The predicted molar refractivity (Wildman–Crippen MR) is 132 cm³/mol.